The third kappa shape index (κ3) is 7.88. The van der Waals surface area contributed by atoms with Crippen molar-refractivity contribution in [2.75, 3.05) is 33.4 Å². The van der Waals surface area contributed by atoms with Gasteiger partial charge in [0, 0.05) is 13.1 Å². The van der Waals surface area contributed by atoms with E-state index in [4.69, 9.17) is 0 Å². The summed E-state index contributed by atoms with van der Waals surface area (Å²) >= 11 is 0. The van der Waals surface area contributed by atoms with Gasteiger partial charge in [0.1, 0.15) is 13.2 Å². The summed E-state index contributed by atoms with van der Waals surface area (Å²) in [5, 5.41) is 0. The summed E-state index contributed by atoms with van der Waals surface area (Å²) in [6, 6.07) is 0. The Morgan fingerprint density at radius 3 is 2.33 bits per heavy atom. The highest BCUT2D eigenvalue weighted by atomic mass is 19.4. The zero-order chi connectivity index (χ0) is 14.2. The van der Waals surface area contributed by atoms with Gasteiger partial charge in [0.15, 0.2) is 0 Å². The van der Waals surface area contributed by atoms with E-state index in [2.05, 4.69) is 9.47 Å². The van der Waals surface area contributed by atoms with Crippen molar-refractivity contribution in [3.05, 3.63) is 0 Å². The van der Waals surface area contributed by atoms with Crippen LogP contribution in [0, 0.1) is 0 Å². The molecule has 0 bridgehead atoms. The predicted molar refractivity (Wildman–Crippen MR) is 55.8 cm³/mol. The number of rotatable bonds is 7. The topological polar surface area (TPSA) is 55.8 Å². The first-order valence-electron chi connectivity index (χ1n) is 5.29. The highest BCUT2D eigenvalue weighted by molar-refractivity contribution is 5.78. The highest BCUT2D eigenvalue weighted by Crippen LogP contribution is 2.14. The quantitative estimate of drug-likeness (QED) is 0.648. The standard InChI is InChI=1S/C10H16F3NO4/c1-3-14(5-4-9(16)17-2)8(15)6-18-7-10(11,12)13/h3-7H2,1-2H3. The maximum Gasteiger partial charge on any atom is 0.411 e. The first kappa shape index (κ1) is 16.7. The molecular weight excluding hydrogens is 255 g/mol. The van der Waals surface area contributed by atoms with Gasteiger partial charge in [-0.3, -0.25) is 9.59 Å². The van der Waals surface area contributed by atoms with Crippen LogP contribution in [-0.2, 0) is 19.1 Å². The third-order valence-electron chi connectivity index (χ3n) is 2.04. The molecular formula is C10H16F3NO4. The van der Waals surface area contributed by atoms with Crippen LogP contribution < -0.4 is 0 Å². The van der Waals surface area contributed by atoms with Crippen molar-refractivity contribution in [2.45, 2.75) is 19.5 Å². The maximum absolute atomic E-state index is 11.8. The minimum absolute atomic E-state index is 0.00461. The van der Waals surface area contributed by atoms with Gasteiger partial charge in [0.25, 0.3) is 0 Å². The second-order valence-electron chi connectivity index (χ2n) is 3.41. The molecule has 0 N–H and O–H groups in total. The molecule has 0 atom stereocenters. The molecule has 0 rings (SSSR count). The van der Waals surface area contributed by atoms with Crippen LogP contribution in [0.5, 0.6) is 0 Å². The van der Waals surface area contributed by atoms with E-state index in [0.29, 0.717) is 0 Å². The fourth-order valence-electron chi connectivity index (χ4n) is 1.13. The van der Waals surface area contributed by atoms with E-state index >= 15 is 0 Å². The summed E-state index contributed by atoms with van der Waals surface area (Å²) in [5.74, 6) is -1.08. The largest absolute Gasteiger partial charge is 0.469 e. The van der Waals surface area contributed by atoms with Crippen LogP contribution in [0.2, 0.25) is 0 Å². The second-order valence-corrected chi connectivity index (χ2v) is 3.41. The minimum atomic E-state index is -4.46. The van der Waals surface area contributed by atoms with Crippen LogP contribution >= 0.6 is 0 Å². The third-order valence-corrected chi connectivity index (χ3v) is 2.04. The summed E-state index contributed by atoms with van der Waals surface area (Å²) in [5.41, 5.74) is 0. The molecule has 18 heavy (non-hydrogen) atoms. The van der Waals surface area contributed by atoms with Crippen LogP contribution in [0.1, 0.15) is 13.3 Å². The molecule has 0 spiro atoms. The normalized spacial score (nSPS) is 11.2. The molecule has 106 valence electrons. The number of ether oxygens (including phenoxy) is 2. The minimum Gasteiger partial charge on any atom is -0.469 e. The lowest BCUT2D eigenvalue weighted by Crippen LogP contribution is -2.36. The molecule has 0 fully saturated rings. The van der Waals surface area contributed by atoms with Crippen molar-refractivity contribution < 1.29 is 32.2 Å². The van der Waals surface area contributed by atoms with Gasteiger partial charge >= 0.3 is 12.1 Å². The summed E-state index contributed by atoms with van der Waals surface area (Å²) in [7, 11) is 1.22. The predicted octanol–water partition coefficient (Wildman–Crippen LogP) is 0.977. The lowest BCUT2D eigenvalue weighted by atomic mass is 10.3. The van der Waals surface area contributed by atoms with Crippen molar-refractivity contribution in [3.8, 4) is 0 Å². The van der Waals surface area contributed by atoms with Gasteiger partial charge in [-0.25, -0.2) is 0 Å². The van der Waals surface area contributed by atoms with Gasteiger partial charge in [-0.1, -0.05) is 0 Å². The lowest BCUT2D eigenvalue weighted by Gasteiger charge is -2.20. The number of amides is 1. The van der Waals surface area contributed by atoms with Crippen molar-refractivity contribution >= 4 is 11.9 Å². The Labute approximate surface area is 103 Å². The van der Waals surface area contributed by atoms with Crippen LogP contribution in [0.25, 0.3) is 0 Å². The molecule has 0 heterocycles. The van der Waals surface area contributed by atoms with Crippen molar-refractivity contribution in [2.24, 2.45) is 0 Å². The summed E-state index contributed by atoms with van der Waals surface area (Å²) < 4.78 is 44.0. The van der Waals surface area contributed by atoms with Gasteiger partial charge in [-0.15, -0.1) is 0 Å². The number of methoxy groups -OCH3 is 1. The molecule has 0 aliphatic heterocycles. The maximum atomic E-state index is 11.8. The van der Waals surface area contributed by atoms with Gasteiger partial charge in [0.05, 0.1) is 13.5 Å². The number of hydrogen-bond acceptors (Lipinski definition) is 4. The molecule has 0 aromatic heterocycles. The van der Waals surface area contributed by atoms with E-state index in [9.17, 15) is 22.8 Å². The molecule has 0 aliphatic rings. The Morgan fingerprint density at radius 1 is 1.28 bits per heavy atom. The van der Waals surface area contributed by atoms with E-state index in [1.165, 1.54) is 12.0 Å². The Kier molecular flexibility index (Phi) is 7.33. The van der Waals surface area contributed by atoms with Crippen LogP contribution in [0.3, 0.4) is 0 Å². The van der Waals surface area contributed by atoms with Crippen LogP contribution in [0.15, 0.2) is 0 Å². The summed E-state index contributed by atoms with van der Waals surface area (Å²) in [6.45, 7) is -0.0939. The van der Waals surface area contributed by atoms with E-state index in [1.54, 1.807) is 6.92 Å². The molecule has 0 unspecified atom stereocenters. The van der Waals surface area contributed by atoms with E-state index in [-0.39, 0.29) is 19.5 Å². The van der Waals surface area contributed by atoms with Gasteiger partial charge in [-0.05, 0) is 6.92 Å². The summed E-state index contributed by atoms with van der Waals surface area (Å²) in [6.07, 6.45) is -4.46. The number of alkyl halides is 3. The molecule has 0 saturated heterocycles. The van der Waals surface area contributed by atoms with Crippen LogP contribution in [-0.4, -0.2) is 56.4 Å². The Balaban J connectivity index is 4.00. The number of nitrogens with zero attached hydrogens (tertiary/aromatic N) is 1. The molecule has 5 nitrogen and oxygen atoms in total. The first-order valence-corrected chi connectivity index (χ1v) is 5.29. The number of carbonyl (C=O) groups is 2. The van der Waals surface area contributed by atoms with E-state index < -0.39 is 31.3 Å². The zero-order valence-corrected chi connectivity index (χ0v) is 10.2. The number of esters is 1. The number of hydrogen-bond donors (Lipinski definition) is 0. The fraction of sp³-hybridized carbons (Fsp3) is 0.800. The Bertz CT molecular complexity index is 281. The van der Waals surface area contributed by atoms with Crippen molar-refractivity contribution in [1.82, 2.24) is 4.90 Å². The molecule has 8 heteroatoms. The van der Waals surface area contributed by atoms with Crippen LogP contribution in [0.4, 0.5) is 13.2 Å². The van der Waals surface area contributed by atoms with Gasteiger partial charge in [0.2, 0.25) is 5.91 Å². The van der Waals surface area contributed by atoms with Gasteiger partial charge in [-0.2, -0.15) is 13.2 Å². The molecule has 0 aliphatic carbocycles. The molecule has 0 aromatic carbocycles. The van der Waals surface area contributed by atoms with E-state index in [1.807, 2.05) is 0 Å². The number of carbonyl (C=O) groups excluding carboxylic acids is 2. The average Bonchev–Trinajstić information content (AvgIpc) is 2.27. The molecule has 0 radical (unpaired) electrons. The van der Waals surface area contributed by atoms with Crippen molar-refractivity contribution in [1.29, 1.82) is 0 Å². The fourth-order valence-corrected chi connectivity index (χ4v) is 1.13. The second kappa shape index (κ2) is 7.91. The monoisotopic (exact) mass is 271 g/mol. The first-order chi connectivity index (χ1) is 8.30. The number of halogens is 3. The smallest absolute Gasteiger partial charge is 0.411 e. The summed E-state index contributed by atoms with van der Waals surface area (Å²) in [4.78, 5) is 23.5. The van der Waals surface area contributed by atoms with E-state index in [0.717, 1.165) is 0 Å². The highest BCUT2D eigenvalue weighted by Gasteiger charge is 2.28. The molecule has 0 saturated carbocycles. The Morgan fingerprint density at radius 2 is 1.89 bits per heavy atom. The Hall–Kier alpha value is -1.31. The lowest BCUT2D eigenvalue weighted by molar-refractivity contribution is -0.177. The zero-order valence-electron chi connectivity index (χ0n) is 10.2. The average molecular weight is 271 g/mol. The number of likely N-dealkylation sites (N-methyl/N-ethyl adjacent to an activating group) is 1. The SMILES string of the molecule is CCN(CCC(=O)OC)C(=O)COCC(F)(F)F. The van der Waals surface area contributed by atoms with Gasteiger partial charge < -0.3 is 14.4 Å². The molecule has 0 aromatic rings. The van der Waals surface area contributed by atoms with Crippen molar-refractivity contribution in [3.63, 3.8) is 0 Å². The molecule has 1 amide bonds.